The Labute approximate surface area is 126 Å². The minimum Gasteiger partial charge on any atom is -0.397 e. The van der Waals surface area contributed by atoms with Crippen molar-refractivity contribution in [1.29, 1.82) is 0 Å². The van der Waals surface area contributed by atoms with Crippen LogP contribution in [0.25, 0.3) is 0 Å². The summed E-state index contributed by atoms with van der Waals surface area (Å²) in [6.45, 7) is 4.01. The SMILES string of the molecule is Cc1cc(Nc2c(N)cccc2C(N)=O)cc(C)c1Br. The number of anilines is 3. The first-order chi connectivity index (χ1) is 9.40. The van der Waals surface area contributed by atoms with Crippen molar-refractivity contribution in [3.63, 3.8) is 0 Å². The molecular formula is C15H16BrN3O. The van der Waals surface area contributed by atoms with E-state index in [0.717, 1.165) is 21.3 Å². The number of carbonyl (C=O) groups excluding carboxylic acids is 1. The average Bonchev–Trinajstić information content (AvgIpc) is 2.38. The second kappa shape index (κ2) is 5.54. The molecule has 0 bridgehead atoms. The Kier molecular flexibility index (Phi) is 3.99. The highest BCUT2D eigenvalue weighted by Gasteiger charge is 2.12. The highest BCUT2D eigenvalue weighted by molar-refractivity contribution is 9.10. The molecule has 20 heavy (non-hydrogen) atoms. The largest absolute Gasteiger partial charge is 0.397 e. The van der Waals surface area contributed by atoms with Gasteiger partial charge in [0.15, 0.2) is 0 Å². The van der Waals surface area contributed by atoms with Crippen molar-refractivity contribution >= 4 is 38.9 Å². The molecule has 2 rings (SSSR count). The number of para-hydroxylation sites is 1. The lowest BCUT2D eigenvalue weighted by molar-refractivity contribution is 0.100. The molecule has 0 aliphatic rings. The number of nitrogen functional groups attached to an aromatic ring is 1. The number of carbonyl (C=O) groups is 1. The van der Waals surface area contributed by atoms with Crippen LogP contribution in [-0.2, 0) is 0 Å². The number of nitrogens with two attached hydrogens (primary N) is 2. The second-order valence-electron chi connectivity index (χ2n) is 4.68. The molecule has 0 spiro atoms. The lowest BCUT2D eigenvalue weighted by Crippen LogP contribution is -2.14. The Bertz CT molecular complexity index is 660. The molecule has 0 aliphatic carbocycles. The molecule has 4 nitrogen and oxygen atoms in total. The fraction of sp³-hybridized carbons (Fsp3) is 0.133. The molecule has 5 N–H and O–H groups in total. The molecule has 104 valence electrons. The molecule has 0 heterocycles. The summed E-state index contributed by atoms with van der Waals surface area (Å²) in [5.74, 6) is -0.509. The van der Waals surface area contributed by atoms with E-state index >= 15 is 0 Å². The number of primary amides is 1. The zero-order valence-electron chi connectivity index (χ0n) is 11.3. The van der Waals surface area contributed by atoms with Crippen LogP contribution in [0.3, 0.4) is 0 Å². The average molecular weight is 334 g/mol. The van der Waals surface area contributed by atoms with E-state index in [4.69, 9.17) is 11.5 Å². The number of hydrogen-bond acceptors (Lipinski definition) is 3. The van der Waals surface area contributed by atoms with Crippen LogP contribution in [0.1, 0.15) is 21.5 Å². The monoisotopic (exact) mass is 333 g/mol. The number of aryl methyl sites for hydroxylation is 2. The Balaban J connectivity index is 2.47. The number of amides is 1. The Morgan fingerprint density at radius 3 is 2.35 bits per heavy atom. The minimum atomic E-state index is -0.509. The summed E-state index contributed by atoms with van der Waals surface area (Å²) < 4.78 is 1.07. The van der Waals surface area contributed by atoms with E-state index < -0.39 is 5.91 Å². The van der Waals surface area contributed by atoms with Crippen LogP contribution >= 0.6 is 15.9 Å². The molecule has 0 saturated carbocycles. The van der Waals surface area contributed by atoms with Gasteiger partial charge in [-0.2, -0.15) is 0 Å². The van der Waals surface area contributed by atoms with Crippen molar-refractivity contribution in [2.45, 2.75) is 13.8 Å². The third-order valence-electron chi connectivity index (χ3n) is 3.07. The van der Waals surface area contributed by atoms with Crippen LogP contribution in [0.5, 0.6) is 0 Å². The predicted molar refractivity (Wildman–Crippen MR) is 86.3 cm³/mol. The molecule has 0 aromatic heterocycles. The predicted octanol–water partition coefficient (Wildman–Crippen LogP) is 3.49. The van der Waals surface area contributed by atoms with Crippen molar-refractivity contribution < 1.29 is 4.79 Å². The van der Waals surface area contributed by atoms with Crippen molar-refractivity contribution in [3.8, 4) is 0 Å². The van der Waals surface area contributed by atoms with Gasteiger partial charge in [0.05, 0.1) is 16.9 Å². The maximum atomic E-state index is 11.5. The van der Waals surface area contributed by atoms with Crippen LogP contribution < -0.4 is 16.8 Å². The smallest absolute Gasteiger partial charge is 0.250 e. The van der Waals surface area contributed by atoms with E-state index in [0.29, 0.717) is 16.9 Å². The molecule has 2 aromatic carbocycles. The first-order valence-electron chi connectivity index (χ1n) is 6.12. The van der Waals surface area contributed by atoms with Gasteiger partial charge in [0.1, 0.15) is 0 Å². The summed E-state index contributed by atoms with van der Waals surface area (Å²) in [6.07, 6.45) is 0. The molecule has 0 saturated heterocycles. The Hall–Kier alpha value is -2.01. The van der Waals surface area contributed by atoms with Gasteiger partial charge >= 0.3 is 0 Å². The zero-order valence-corrected chi connectivity index (χ0v) is 12.9. The fourth-order valence-corrected chi connectivity index (χ4v) is 2.31. The molecule has 0 radical (unpaired) electrons. The number of nitrogens with one attached hydrogen (secondary N) is 1. The summed E-state index contributed by atoms with van der Waals surface area (Å²) in [6, 6.07) is 9.05. The van der Waals surface area contributed by atoms with Gasteiger partial charge < -0.3 is 16.8 Å². The highest BCUT2D eigenvalue weighted by Crippen LogP contribution is 2.30. The first kappa shape index (κ1) is 14.4. The van der Waals surface area contributed by atoms with E-state index in [1.807, 2.05) is 26.0 Å². The number of halogens is 1. The number of rotatable bonds is 3. The molecular weight excluding hydrogens is 318 g/mol. The maximum Gasteiger partial charge on any atom is 0.250 e. The summed E-state index contributed by atoms with van der Waals surface area (Å²) >= 11 is 3.52. The standard InChI is InChI=1S/C15H16BrN3O/c1-8-6-10(7-9(2)13(8)16)19-14-11(15(18)20)4-3-5-12(14)17/h3-7,19H,17H2,1-2H3,(H2,18,20). The maximum absolute atomic E-state index is 11.5. The van der Waals surface area contributed by atoms with Gasteiger partial charge in [-0.15, -0.1) is 0 Å². The van der Waals surface area contributed by atoms with Crippen molar-refractivity contribution in [3.05, 3.63) is 51.5 Å². The van der Waals surface area contributed by atoms with E-state index in [1.54, 1.807) is 18.2 Å². The van der Waals surface area contributed by atoms with Gasteiger partial charge in [-0.25, -0.2) is 0 Å². The van der Waals surface area contributed by atoms with E-state index in [1.165, 1.54) is 0 Å². The molecule has 5 heteroatoms. The van der Waals surface area contributed by atoms with Crippen molar-refractivity contribution in [2.24, 2.45) is 5.73 Å². The highest BCUT2D eigenvalue weighted by atomic mass is 79.9. The Morgan fingerprint density at radius 1 is 1.20 bits per heavy atom. The van der Waals surface area contributed by atoms with Crippen LogP contribution in [0.4, 0.5) is 17.1 Å². The fourth-order valence-electron chi connectivity index (χ4n) is 2.08. The van der Waals surface area contributed by atoms with Gasteiger partial charge in [-0.3, -0.25) is 4.79 Å². The van der Waals surface area contributed by atoms with Crippen LogP contribution in [0, 0.1) is 13.8 Å². The van der Waals surface area contributed by atoms with Crippen LogP contribution in [-0.4, -0.2) is 5.91 Å². The zero-order chi connectivity index (χ0) is 14.9. The third kappa shape index (κ3) is 2.77. The van der Waals surface area contributed by atoms with Crippen LogP contribution in [0.2, 0.25) is 0 Å². The molecule has 0 aliphatic heterocycles. The number of hydrogen-bond donors (Lipinski definition) is 3. The van der Waals surface area contributed by atoms with Gasteiger partial charge in [-0.1, -0.05) is 22.0 Å². The normalized spacial score (nSPS) is 10.3. The minimum absolute atomic E-state index is 0.378. The van der Waals surface area contributed by atoms with E-state index in [2.05, 4.69) is 21.2 Å². The summed E-state index contributed by atoms with van der Waals surface area (Å²) in [5.41, 5.74) is 15.8. The lowest BCUT2D eigenvalue weighted by Gasteiger charge is -2.14. The summed E-state index contributed by atoms with van der Waals surface area (Å²) in [7, 11) is 0. The van der Waals surface area contributed by atoms with Crippen LogP contribution in [0.15, 0.2) is 34.8 Å². The quantitative estimate of drug-likeness (QED) is 0.752. The Morgan fingerprint density at radius 2 is 1.80 bits per heavy atom. The molecule has 0 atom stereocenters. The summed E-state index contributed by atoms with van der Waals surface area (Å²) in [5, 5.41) is 3.18. The van der Waals surface area contributed by atoms with Gasteiger partial charge in [-0.05, 0) is 49.2 Å². The lowest BCUT2D eigenvalue weighted by atomic mass is 10.1. The molecule has 0 unspecified atom stereocenters. The van der Waals surface area contributed by atoms with E-state index in [9.17, 15) is 4.79 Å². The topological polar surface area (TPSA) is 81.1 Å². The van der Waals surface area contributed by atoms with Crippen molar-refractivity contribution in [1.82, 2.24) is 0 Å². The van der Waals surface area contributed by atoms with Gasteiger partial charge in [0.2, 0.25) is 0 Å². The second-order valence-corrected chi connectivity index (χ2v) is 5.48. The van der Waals surface area contributed by atoms with E-state index in [-0.39, 0.29) is 0 Å². The van der Waals surface area contributed by atoms with Gasteiger partial charge in [0.25, 0.3) is 5.91 Å². The number of benzene rings is 2. The van der Waals surface area contributed by atoms with Crippen molar-refractivity contribution in [2.75, 3.05) is 11.1 Å². The first-order valence-corrected chi connectivity index (χ1v) is 6.91. The molecule has 2 aromatic rings. The van der Waals surface area contributed by atoms with Gasteiger partial charge in [0, 0.05) is 10.2 Å². The third-order valence-corrected chi connectivity index (χ3v) is 4.32. The summed E-state index contributed by atoms with van der Waals surface area (Å²) in [4.78, 5) is 11.5. The molecule has 1 amide bonds. The molecule has 0 fully saturated rings.